The van der Waals surface area contributed by atoms with Crippen molar-refractivity contribution in [2.45, 2.75) is 40.9 Å². The van der Waals surface area contributed by atoms with Gasteiger partial charge in [-0.05, 0) is 27.7 Å². The Hall–Kier alpha value is -1.55. The minimum atomic E-state index is -0.325. The van der Waals surface area contributed by atoms with Crippen LogP contribution in [0.25, 0.3) is 0 Å². The summed E-state index contributed by atoms with van der Waals surface area (Å²) in [4.78, 5) is 32.2. The molecule has 2 rings (SSSR count). The number of hydrogen-bond donors (Lipinski definition) is 2. The van der Waals surface area contributed by atoms with Gasteiger partial charge in [-0.15, -0.1) is 0 Å². The Labute approximate surface area is 303 Å². The van der Waals surface area contributed by atoms with E-state index in [-0.39, 0.29) is 23.1 Å². The molecule has 2 aromatic rings. The average Bonchev–Trinajstić information content (AvgIpc) is 2.98. The summed E-state index contributed by atoms with van der Waals surface area (Å²) in [7, 11) is 6.17. The van der Waals surface area contributed by atoms with Crippen LogP contribution in [0.4, 0.5) is 0 Å². The zero-order valence-electron chi connectivity index (χ0n) is 25.9. The summed E-state index contributed by atoms with van der Waals surface area (Å²) in [5.74, 6) is -0.325. The van der Waals surface area contributed by atoms with E-state index in [4.69, 9.17) is 31.6 Å². The molecular weight excluding hydrogens is 964 g/mol. The van der Waals surface area contributed by atoms with Crippen LogP contribution in [-0.4, -0.2) is 62.1 Å². The van der Waals surface area contributed by atoms with Crippen molar-refractivity contribution < 1.29 is 29.1 Å². The molecule has 0 aliphatic heterocycles. The van der Waals surface area contributed by atoms with Gasteiger partial charge >= 0.3 is 64.9 Å². The quantitative estimate of drug-likeness (QED) is 0.103. The standard InChI is InChI=1S/C14H19N3O3.C14H19N3O2S.3HI.V/c1-10(2)16-20-9-11-7-5-6-8-12(11)13(17-19-4)14(18)15-3;1-10(2)16-19-9-11-7-5-6-8-12(11)13(17-18-4)14(20)15-3;;;;/h5-8H,9H2,1-4H3,(H,15,18);5-8H,9H2,1-4H3,(H,15,20);3*1H;/q;;;;;+3/p-3/b2*17-13+;;;;. The number of oxime groups is 4. The summed E-state index contributed by atoms with van der Waals surface area (Å²) in [6.07, 6.45) is 0. The minimum absolute atomic E-state index is 0.200. The van der Waals surface area contributed by atoms with Crippen molar-refractivity contribution >= 4 is 106 Å². The summed E-state index contributed by atoms with van der Waals surface area (Å²) in [6, 6.07) is 15.0. The molecule has 0 saturated carbocycles. The fraction of sp³-hybridized carbons (Fsp3) is 0.357. The molecular formula is C28H38I3N6O5SV. The first-order chi connectivity index (χ1) is 20.9. The van der Waals surface area contributed by atoms with Gasteiger partial charge in [0.25, 0.3) is 5.91 Å². The molecule has 0 spiro atoms. The SMILES string of the molecule is CNC(=O)/C(=N/OC)c1ccccc1CON=C(C)C.CNC(=S)/C(=N/OC)c1ccccc1CON=C(C)C.[I][V]([I])[I]. The molecule has 0 atom stereocenters. The monoisotopic (exact) mass is 1000 g/mol. The van der Waals surface area contributed by atoms with Crippen LogP contribution in [0.3, 0.4) is 0 Å². The van der Waals surface area contributed by atoms with E-state index >= 15 is 0 Å². The number of benzene rings is 2. The molecule has 0 saturated heterocycles. The van der Waals surface area contributed by atoms with Gasteiger partial charge in [-0.2, -0.15) is 0 Å². The molecule has 0 unspecified atom stereocenters. The number of rotatable bonds is 12. The van der Waals surface area contributed by atoms with Gasteiger partial charge in [0.15, 0.2) is 5.71 Å². The van der Waals surface area contributed by atoms with Crippen LogP contribution < -0.4 is 10.6 Å². The zero-order chi connectivity index (χ0) is 33.5. The fourth-order valence-corrected chi connectivity index (χ4v) is 3.21. The molecule has 0 heterocycles. The van der Waals surface area contributed by atoms with E-state index in [1.54, 1.807) is 13.1 Å². The van der Waals surface area contributed by atoms with Crippen LogP contribution in [0, 0.1) is 0 Å². The van der Waals surface area contributed by atoms with Gasteiger partial charge in [-0.3, -0.25) is 4.79 Å². The van der Waals surface area contributed by atoms with E-state index in [2.05, 4.69) is 91.2 Å². The first kappa shape index (κ1) is 42.5. The number of halogens is 3. The van der Waals surface area contributed by atoms with Gasteiger partial charge in [0.2, 0.25) is 0 Å². The Balaban J connectivity index is 0.000000749. The number of nitrogens with zero attached hydrogens (tertiary/aromatic N) is 4. The Morgan fingerprint density at radius 2 is 1.11 bits per heavy atom. The normalized spacial score (nSPS) is 10.5. The average molecular weight is 1000 g/mol. The van der Waals surface area contributed by atoms with Crippen LogP contribution in [0.5, 0.6) is 0 Å². The Kier molecular flexibility index (Phi) is 24.7. The molecule has 0 fully saturated rings. The first-order valence-corrected chi connectivity index (χ1v) is 26.7. The van der Waals surface area contributed by atoms with E-state index in [1.807, 2.05) is 70.2 Å². The first-order valence-electron chi connectivity index (χ1n) is 12.8. The zero-order valence-corrected chi connectivity index (χ0v) is 34.5. The number of hydrogen-bond acceptors (Lipinski definition) is 10. The second kappa shape index (κ2) is 25.6. The van der Waals surface area contributed by atoms with E-state index in [0.29, 0.717) is 22.9 Å². The Morgan fingerprint density at radius 1 is 0.727 bits per heavy atom. The molecule has 0 bridgehead atoms. The molecule has 11 nitrogen and oxygen atoms in total. The van der Waals surface area contributed by atoms with Crippen molar-refractivity contribution in [3.8, 4) is 0 Å². The van der Waals surface area contributed by atoms with Gasteiger partial charge in [-0.25, -0.2) is 0 Å². The Morgan fingerprint density at radius 3 is 1.48 bits per heavy atom. The third-order valence-corrected chi connectivity index (χ3v) is 5.13. The third kappa shape index (κ3) is 18.4. The summed E-state index contributed by atoms with van der Waals surface area (Å²) in [5.41, 5.74) is 5.70. The molecule has 0 aromatic heterocycles. The maximum atomic E-state index is 11.8. The predicted molar refractivity (Wildman–Crippen MR) is 205 cm³/mol. The Bertz CT molecular complexity index is 1210. The molecule has 44 heavy (non-hydrogen) atoms. The summed E-state index contributed by atoms with van der Waals surface area (Å²) < 4.78 is 0. The number of thiocarbonyl (C=S) groups is 1. The molecule has 2 N–H and O–H groups in total. The van der Waals surface area contributed by atoms with Crippen molar-refractivity contribution in [2.24, 2.45) is 20.6 Å². The second-order valence-electron chi connectivity index (χ2n) is 8.53. The molecule has 0 aliphatic rings. The fourth-order valence-electron chi connectivity index (χ4n) is 3.06. The summed E-state index contributed by atoms with van der Waals surface area (Å²) >= 11 is 12.6. The van der Waals surface area contributed by atoms with Crippen molar-refractivity contribution in [3.05, 3.63) is 70.8 Å². The number of carbonyl (C=O) groups is 1. The second-order valence-corrected chi connectivity index (χ2v) is 44.3. The number of carbonyl (C=O) groups excluding carboxylic acids is 1. The van der Waals surface area contributed by atoms with Crippen LogP contribution >= 0.6 is 72.2 Å². The van der Waals surface area contributed by atoms with Crippen molar-refractivity contribution in [3.63, 3.8) is 0 Å². The molecule has 0 radical (unpaired) electrons. The van der Waals surface area contributed by atoms with Crippen LogP contribution in [0.15, 0.2) is 69.2 Å². The predicted octanol–water partition coefficient (Wildman–Crippen LogP) is 6.85. The van der Waals surface area contributed by atoms with Gasteiger partial charge in [-0.1, -0.05) is 81.4 Å². The van der Waals surface area contributed by atoms with Crippen LogP contribution in [0.1, 0.15) is 49.9 Å². The summed E-state index contributed by atoms with van der Waals surface area (Å²) in [6.45, 7) is 8.03. The van der Waals surface area contributed by atoms with Crippen molar-refractivity contribution in [2.75, 3.05) is 28.3 Å². The molecule has 242 valence electrons. The maximum absolute atomic E-state index is 11.8. The summed E-state index contributed by atoms with van der Waals surface area (Å²) in [5, 5.41) is 21.0. The van der Waals surface area contributed by atoms with Crippen molar-refractivity contribution in [1.29, 1.82) is 0 Å². The number of amides is 1. The van der Waals surface area contributed by atoms with Crippen LogP contribution in [-0.2, 0) is 42.3 Å². The van der Waals surface area contributed by atoms with Gasteiger partial charge in [0, 0.05) is 36.3 Å². The molecule has 2 aromatic carbocycles. The van der Waals surface area contributed by atoms with E-state index in [1.165, 1.54) is 21.3 Å². The van der Waals surface area contributed by atoms with Crippen molar-refractivity contribution in [1.82, 2.24) is 10.6 Å². The van der Waals surface area contributed by atoms with Gasteiger partial charge in [0.05, 0.1) is 11.4 Å². The van der Waals surface area contributed by atoms with E-state index in [9.17, 15) is 4.79 Å². The third-order valence-electron chi connectivity index (χ3n) is 4.73. The van der Waals surface area contributed by atoms with Gasteiger partial charge in [0.1, 0.15) is 38.1 Å². The molecule has 16 heteroatoms. The molecule has 1 amide bonds. The van der Waals surface area contributed by atoms with E-state index < -0.39 is 0 Å². The number of nitrogens with one attached hydrogen (secondary N) is 2. The molecule has 0 aliphatic carbocycles. The number of likely N-dealkylation sites (N-methyl/N-ethyl adjacent to an activating group) is 2. The topological polar surface area (TPSA) is 127 Å². The van der Waals surface area contributed by atoms with Gasteiger partial charge < -0.3 is 30.0 Å². The van der Waals surface area contributed by atoms with E-state index in [0.717, 1.165) is 28.1 Å². The van der Waals surface area contributed by atoms with Crippen LogP contribution in [0.2, 0.25) is 0 Å².